The highest BCUT2D eigenvalue weighted by atomic mass is 19.2. The largest absolute Gasteiger partial charge is 0.455 e. The molecule has 126 valence electrons. The van der Waals surface area contributed by atoms with E-state index in [2.05, 4.69) is 0 Å². The molecule has 0 bridgehead atoms. The van der Waals surface area contributed by atoms with Crippen molar-refractivity contribution in [3.63, 3.8) is 0 Å². The maximum absolute atomic E-state index is 13.9. The third-order valence-corrected chi connectivity index (χ3v) is 3.96. The molecule has 4 nitrogen and oxygen atoms in total. The number of para-hydroxylation sites is 2. The summed E-state index contributed by atoms with van der Waals surface area (Å²) in [7, 11) is 0. The zero-order chi connectivity index (χ0) is 17.1. The second-order valence-corrected chi connectivity index (χ2v) is 5.68. The Hall–Kier alpha value is -2.47. The van der Waals surface area contributed by atoms with Crippen molar-refractivity contribution in [2.75, 3.05) is 11.4 Å². The van der Waals surface area contributed by atoms with Crippen LogP contribution in [0.1, 0.15) is 18.0 Å². The number of amides is 1. The first-order valence-corrected chi connectivity index (χ1v) is 7.71. The minimum atomic E-state index is -2.10. The van der Waals surface area contributed by atoms with E-state index < -0.39 is 25.1 Å². The Morgan fingerprint density at radius 2 is 1.83 bits per heavy atom. The number of alkyl halides is 2. The van der Waals surface area contributed by atoms with Gasteiger partial charge >= 0.3 is 0 Å². The first-order valence-electron chi connectivity index (χ1n) is 7.71. The summed E-state index contributed by atoms with van der Waals surface area (Å²) < 4.78 is 32.6. The van der Waals surface area contributed by atoms with Crippen LogP contribution in [0.3, 0.4) is 0 Å². The van der Waals surface area contributed by atoms with Crippen LogP contribution in [-0.2, 0) is 4.79 Å². The summed E-state index contributed by atoms with van der Waals surface area (Å²) in [5, 5.41) is 0. The first kappa shape index (κ1) is 16.4. The number of anilines is 1. The van der Waals surface area contributed by atoms with Gasteiger partial charge in [0.15, 0.2) is 6.17 Å². The molecule has 3 rings (SSSR count). The number of halogens is 2. The number of fused-ring (bicyclic) bond motifs is 1. The van der Waals surface area contributed by atoms with Gasteiger partial charge in [-0.3, -0.25) is 4.79 Å². The molecule has 1 amide bonds. The molecule has 2 N–H and O–H groups in total. The number of nitrogens with zero attached hydrogens (tertiary/aromatic N) is 1. The lowest BCUT2D eigenvalue weighted by atomic mass is 10.0. The maximum Gasteiger partial charge on any atom is 0.271 e. The molecule has 3 atom stereocenters. The van der Waals surface area contributed by atoms with Gasteiger partial charge in [-0.2, -0.15) is 4.39 Å². The lowest BCUT2D eigenvalue weighted by Crippen LogP contribution is -2.39. The van der Waals surface area contributed by atoms with Gasteiger partial charge in [0, 0.05) is 12.5 Å². The molecule has 1 heterocycles. The highest BCUT2D eigenvalue weighted by Gasteiger charge is 2.34. The quantitative estimate of drug-likeness (QED) is 0.939. The Bertz CT molecular complexity index is 711. The van der Waals surface area contributed by atoms with Gasteiger partial charge in [-0.25, -0.2) is 4.39 Å². The molecule has 0 spiro atoms. The van der Waals surface area contributed by atoms with Gasteiger partial charge in [-0.15, -0.1) is 0 Å². The second-order valence-electron chi connectivity index (χ2n) is 5.68. The Labute approximate surface area is 138 Å². The molecule has 2 unspecified atom stereocenters. The molecular formula is C18H18F2N2O2. The molecule has 0 saturated heterocycles. The summed E-state index contributed by atoms with van der Waals surface area (Å²) in [5.41, 5.74) is 7.24. The van der Waals surface area contributed by atoms with Crippen LogP contribution in [0.25, 0.3) is 0 Å². The monoisotopic (exact) mass is 332 g/mol. The fourth-order valence-electron chi connectivity index (χ4n) is 2.68. The highest BCUT2D eigenvalue weighted by Crippen LogP contribution is 2.34. The summed E-state index contributed by atoms with van der Waals surface area (Å²) in [6.07, 6.45) is -4.04. The number of rotatable bonds is 3. The lowest BCUT2D eigenvalue weighted by Gasteiger charge is -2.24. The van der Waals surface area contributed by atoms with E-state index in [1.54, 1.807) is 18.2 Å². The highest BCUT2D eigenvalue weighted by molar-refractivity contribution is 5.95. The Balaban J connectivity index is 1.83. The number of hydrogen-bond acceptors (Lipinski definition) is 3. The van der Waals surface area contributed by atoms with E-state index in [9.17, 15) is 13.6 Å². The van der Waals surface area contributed by atoms with Crippen LogP contribution in [-0.4, -0.2) is 25.0 Å². The molecule has 6 heteroatoms. The van der Waals surface area contributed by atoms with Gasteiger partial charge in [0.1, 0.15) is 5.75 Å². The number of hydrogen-bond donors (Lipinski definition) is 1. The predicted molar refractivity (Wildman–Crippen MR) is 87.2 cm³/mol. The van der Waals surface area contributed by atoms with Crippen LogP contribution >= 0.6 is 0 Å². The number of nitrogens with two attached hydrogens (primary N) is 1. The second kappa shape index (κ2) is 6.97. The molecule has 0 aromatic heterocycles. The van der Waals surface area contributed by atoms with E-state index in [0.717, 1.165) is 5.56 Å². The average molecular weight is 332 g/mol. The summed E-state index contributed by atoms with van der Waals surface area (Å²) in [6, 6.07) is 15.1. The average Bonchev–Trinajstić information content (AvgIpc) is 2.72. The minimum Gasteiger partial charge on any atom is -0.455 e. The van der Waals surface area contributed by atoms with Crippen LogP contribution in [0.2, 0.25) is 0 Å². The summed E-state index contributed by atoms with van der Waals surface area (Å²) in [4.78, 5) is 13.9. The molecule has 2 aromatic rings. The van der Waals surface area contributed by atoms with Gasteiger partial charge in [0.05, 0.1) is 12.2 Å². The summed E-state index contributed by atoms with van der Waals surface area (Å²) in [6.45, 7) is -0.404. The van der Waals surface area contributed by atoms with Crippen molar-refractivity contribution in [2.24, 2.45) is 5.73 Å². The zero-order valence-electron chi connectivity index (χ0n) is 12.9. The fourth-order valence-corrected chi connectivity index (χ4v) is 2.68. The van der Waals surface area contributed by atoms with Crippen molar-refractivity contribution in [3.8, 4) is 5.75 Å². The predicted octanol–water partition coefficient (Wildman–Crippen LogP) is 3.14. The maximum atomic E-state index is 13.9. The van der Waals surface area contributed by atoms with Gasteiger partial charge < -0.3 is 15.4 Å². The number of benzene rings is 2. The summed E-state index contributed by atoms with van der Waals surface area (Å²) in [5.74, 6) is -0.231. The first-order chi connectivity index (χ1) is 11.6. The molecule has 0 radical (unpaired) electrons. The van der Waals surface area contributed by atoms with E-state index in [4.69, 9.17) is 10.5 Å². The Kier molecular flexibility index (Phi) is 4.76. The van der Waals surface area contributed by atoms with Crippen molar-refractivity contribution in [3.05, 3.63) is 60.2 Å². The normalized spacial score (nSPS) is 21.4. The van der Waals surface area contributed by atoms with E-state index in [1.165, 1.54) is 11.0 Å². The van der Waals surface area contributed by atoms with Crippen molar-refractivity contribution in [2.45, 2.75) is 25.0 Å². The topological polar surface area (TPSA) is 55.6 Å². The molecular weight excluding hydrogens is 314 g/mol. The number of ether oxygens (including phenoxy) is 1. The Morgan fingerprint density at radius 1 is 1.17 bits per heavy atom. The molecule has 0 fully saturated rings. The zero-order valence-corrected chi connectivity index (χ0v) is 12.9. The van der Waals surface area contributed by atoms with Crippen molar-refractivity contribution in [1.82, 2.24) is 0 Å². The van der Waals surface area contributed by atoms with Crippen LogP contribution in [0.15, 0.2) is 54.6 Å². The fraction of sp³-hybridized carbons (Fsp3) is 0.278. The lowest BCUT2D eigenvalue weighted by molar-refractivity contribution is -0.119. The molecule has 0 saturated carbocycles. The SMILES string of the molecule is N[C@@H](CC(=O)N1CC(F)C(F)Oc2ccccc21)c1ccccc1. The molecule has 1 aliphatic heterocycles. The smallest absolute Gasteiger partial charge is 0.271 e. The van der Waals surface area contributed by atoms with Gasteiger partial charge in [-0.1, -0.05) is 42.5 Å². The van der Waals surface area contributed by atoms with Crippen LogP contribution < -0.4 is 15.4 Å². The third-order valence-electron chi connectivity index (χ3n) is 3.96. The van der Waals surface area contributed by atoms with Gasteiger partial charge in [0.2, 0.25) is 5.91 Å². The number of carbonyl (C=O) groups is 1. The number of carbonyl (C=O) groups excluding carboxylic acids is 1. The third kappa shape index (κ3) is 3.38. The van der Waals surface area contributed by atoms with Crippen molar-refractivity contribution < 1.29 is 18.3 Å². The van der Waals surface area contributed by atoms with Crippen LogP contribution in [0.5, 0.6) is 5.75 Å². The standard InChI is InChI=1S/C18H18F2N2O2/c19-13-11-22(15-8-4-5-9-16(15)24-18(13)20)17(23)10-14(21)12-6-2-1-3-7-12/h1-9,13-14,18H,10-11,21H2/t13?,14-,18?/m0/s1. The van der Waals surface area contributed by atoms with Crippen LogP contribution in [0, 0.1) is 0 Å². The molecule has 24 heavy (non-hydrogen) atoms. The van der Waals surface area contributed by atoms with E-state index in [1.807, 2.05) is 30.3 Å². The Morgan fingerprint density at radius 3 is 2.58 bits per heavy atom. The molecule has 0 aliphatic carbocycles. The van der Waals surface area contributed by atoms with Crippen LogP contribution in [0.4, 0.5) is 14.5 Å². The van der Waals surface area contributed by atoms with Crippen molar-refractivity contribution >= 4 is 11.6 Å². The van der Waals surface area contributed by atoms with Gasteiger partial charge in [-0.05, 0) is 17.7 Å². The minimum absolute atomic E-state index is 0.0119. The van der Waals surface area contributed by atoms with Crippen molar-refractivity contribution in [1.29, 1.82) is 0 Å². The van der Waals surface area contributed by atoms with Gasteiger partial charge in [0.25, 0.3) is 6.36 Å². The van der Waals surface area contributed by atoms with E-state index in [0.29, 0.717) is 5.69 Å². The molecule has 1 aliphatic rings. The summed E-state index contributed by atoms with van der Waals surface area (Å²) >= 11 is 0. The van der Waals surface area contributed by atoms with E-state index in [-0.39, 0.29) is 18.1 Å². The molecule has 2 aromatic carbocycles. The van der Waals surface area contributed by atoms with E-state index >= 15 is 0 Å².